The second-order valence-electron chi connectivity index (χ2n) is 6.48. The minimum Gasteiger partial charge on any atom is -0.495 e. The Balaban J connectivity index is 1.42. The van der Waals surface area contributed by atoms with E-state index in [1.54, 1.807) is 26.3 Å². The van der Waals surface area contributed by atoms with Crippen LogP contribution in [0.5, 0.6) is 5.75 Å². The molecule has 0 bridgehead atoms. The highest BCUT2D eigenvalue weighted by Crippen LogP contribution is 2.30. The number of guanidine groups is 1. The molecule has 3 N–H and O–H groups in total. The van der Waals surface area contributed by atoms with Gasteiger partial charge in [0.25, 0.3) is 5.91 Å². The van der Waals surface area contributed by atoms with Crippen LogP contribution in [0.25, 0.3) is 0 Å². The zero-order chi connectivity index (χ0) is 19.8. The number of rotatable bonds is 7. The molecule has 28 heavy (non-hydrogen) atoms. The van der Waals surface area contributed by atoms with Gasteiger partial charge in [0.2, 0.25) is 0 Å². The number of para-hydroxylation sites is 2. The number of aliphatic imine (C=N–C) groups is 1. The highest BCUT2D eigenvalue weighted by atomic mass is 16.5. The van der Waals surface area contributed by atoms with Gasteiger partial charge in [-0.3, -0.25) is 9.79 Å². The number of hydrogen-bond acceptors (Lipinski definition) is 5. The van der Waals surface area contributed by atoms with Gasteiger partial charge < -0.3 is 30.0 Å². The third-order valence-corrected chi connectivity index (χ3v) is 4.63. The normalized spacial score (nSPS) is 16.7. The quantitative estimate of drug-likeness (QED) is 0.380. The molecule has 2 heterocycles. The van der Waals surface area contributed by atoms with Crippen molar-refractivity contribution in [2.24, 2.45) is 4.99 Å². The molecule has 1 aromatic carbocycles. The van der Waals surface area contributed by atoms with Gasteiger partial charge in [-0.05, 0) is 30.7 Å². The Labute approximate surface area is 165 Å². The fraction of sp³-hybridized carbons (Fsp3) is 0.400. The van der Waals surface area contributed by atoms with E-state index >= 15 is 0 Å². The number of methoxy groups -OCH3 is 1. The summed E-state index contributed by atoms with van der Waals surface area (Å²) in [5.41, 5.74) is 1.11. The van der Waals surface area contributed by atoms with Gasteiger partial charge >= 0.3 is 0 Å². The number of carbonyl (C=O) groups excluding carboxylic acids is 1. The van der Waals surface area contributed by atoms with Crippen LogP contribution in [0.4, 0.5) is 5.69 Å². The van der Waals surface area contributed by atoms with Gasteiger partial charge in [-0.1, -0.05) is 12.1 Å². The van der Waals surface area contributed by atoms with E-state index in [0.717, 1.165) is 36.9 Å². The van der Waals surface area contributed by atoms with E-state index in [0.29, 0.717) is 18.8 Å². The summed E-state index contributed by atoms with van der Waals surface area (Å²) in [7, 11) is 3.44. The molecule has 0 spiro atoms. The summed E-state index contributed by atoms with van der Waals surface area (Å²) in [6.45, 7) is 2.86. The monoisotopic (exact) mass is 385 g/mol. The third-order valence-electron chi connectivity index (χ3n) is 4.63. The number of ether oxygens (including phenoxy) is 1. The van der Waals surface area contributed by atoms with Crippen molar-refractivity contribution in [1.82, 2.24) is 16.0 Å². The van der Waals surface area contributed by atoms with Crippen LogP contribution in [0.3, 0.4) is 0 Å². The van der Waals surface area contributed by atoms with Crippen molar-refractivity contribution < 1.29 is 13.9 Å². The number of anilines is 1. The standard InChI is InChI=1S/C20H27N5O3/c1-21-20(23-11-10-22-19(26)18-8-5-13-28-18)24-15-9-12-25(14-15)16-6-3-4-7-17(16)27-2/h3-8,13,15H,9-12,14H2,1-2H3,(H,22,26)(H2,21,23,24). The number of nitrogens with one attached hydrogen (secondary N) is 3. The Bertz CT molecular complexity index is 791. The Morgan fingerprint density at radius 1 is 1.25 bits per heavy atom. The van der Waals surface area contributed by atoms with Crippen LogP contribution < -0.4 is 25.6 Å². The first-order valence-electron chi connectivity index (χ1n) is 9.38. The Hall–Kier alpha value is -3.16. The molecule has 1 aromatic heterocycles. The van der Waals surface area contributed by atoms with Gasteiger partial charge in [0.05, 0.1) is 19.1 Å². The molecule has 1 fully saturated rings. The van der Waals surface area contributed by atoms with Crippen LogP contribution in [0.15, 0.2) is 52.1 Å². The van der Waals surface area contributed by atoms with Crippen molar-refractivity contribution >= 4 is 17.6 Å². The van der Waals surface area contributed by atoms with Crippen molar-refractivity contribution in [1.29, 1.82) is 0 Å². The van der Waals surface area contributed by atoms with E-state index in [-0.39, 0.29) is 11.9 Å². The number of furan rings is 1. The van der Waals surface area contributed by atoms with Crippen LogP contribution in [0, 0.1) is 0 Å². The maximum absolute atomic E-state index is 11.8. The Morgan fingerprint density at radius 3 is 2.82 bits per heavy atom. The average Bonchev–Trinajstić information content (AvgIpc) is 3.42. The molecule has 8 nitrogen and oxygen atoms in total. The van der Waals surface area contributed by atoms with Crippen LogP contribution in [-0.2, 0) is 0 Å². The lowest BCUT2D eigenvalue weighted by molar-refractivity contribution is 0.0926. The SMILES string of the molecule is CN=C(NCCNC(=O)c1ccco1)NC1CCN(c2ccccc2OC)C1. The van der Waals surface area contributed by atoms with E-state index in [1.165, 1.54) is 6.26 Å². The predicted molar refractivity (Wildman–Crippen MR) is 109 cm³/mol. The molecule has 1 aliphatic heterocycles. The maximum Gasteiger partial charge on any atom is 0.287 e. The molecule has 1 atom stereocenters. The summed E-state index contributed by atoms with van der Waals surface area (Å²) in [6.07, 6.45) is 2.49. The first-order valence-corrected chi connectivity index (χ1v) is 9.38. The number of hydrogen-bond donors (Lipinski definition) is 3. The Kier molecular flexibility index (Phi) is 6.78. The summed E-state index contributed by atoms with van der Waals surface area (Å²) >= 11 is 0. The lowest BCUT2D eigenvalue weighted by Crippen LogP contribution is -2.46. The van der Waals surface area contributed by atoms with Crippen molar-refractivity contribution in [2.75, 3.05) is 45.2 Å². The van der Waals surface area contributed by atoms with Gasteiger partial charge in [0.1, 0.15) is 5.75 Å². The number of carbonyl (C=O) groups is 1. The molecule has 8 heteroatoms. The maximum atomic E-state index is 11.8. The summed E-state index contributed by atoms with van der Waals surface area (Å²) in [5.74, 6) is 1.69. The van der Waals surface area contributed by atoms with Gasteiger partial charge in [-0.25, -0.2) is 0 Å². The molecule has 2 aromatic rings. The molecule has 1 aliphatic rings. The lowest BCUT2D eigenvalue weighted by atomic mass is 10.2. The van der Waals surface area contributed by atoms with Gasteiger partial charge in [-0.2, -0.15) is 0 Å². The summed E-state index contributed by atoms with van der Waals surface area (Å²) in [5, 5.41) is 9.47. The molecule has 3 rings (SSSR count). The minimum atomic E-state index is -0.224. The van der Waals surface area contributed by atoms with E-state index in [4.69, 9.17) is 9.15 Å². The zero-order valence-corrected chi connectivity index (χ0v) is 16.3. The topological polar surface area (TPSA) is 91.1 Å². The summed E-state index contributed by atoms with van der Waals surface area (Å²) in [4.78, 5) is 18.4. The van der Waals surface area contributed by atoms with Crippen molar-refractivity contribution in [3.63, 3.8) is 0 Å². The first-order chi connectivity index (χ1) is 13.7. The molecule has 0 radical (unpaired) electrons. The molecule has 0 aliphatic carbocycles. The van der Waals surface area contributed by atoms with Gasteiger partial charge in [0.15, 0.2) is 11.7 Å². The summed E-state index contributed by atoms with van der Waals surface area (Å²) in [6, 6.07) is 11.7. The number of benzene rings is 1. The number of amides is 1. The molecular weight excluding hydrogens is 358 g/mol. The second kappa shape index (κ2) is 9.68. The fourth-order valence-electron chi connectivity index (χ4n) is 3.23. The van der Waals surface area contributed by atoms with Crippen molar-refractivity contribution in [3.05, 3.63) is 48.4 Å². The van der Waals surface area contributed by atoms with E-state index < -0.39 is 0 Å². The molecule has 1 saturated heterocycles. The first kappa shape index (κ1) is 19.6. The molecule has 150 valence electrons. The largest absolute Gasteiger partial charge is 0.495 e. The molecule has 1 unspecified atom stereocenters. The van der Waals surface area contributed by atoms with E-state index in [9.17, 15) is 4.79 Å². The minimum absolute atomic E-state index is 0.224. The van der Waals surface area contributed by atoms with Crippen LogP contribution in [-0.4, -0.2) is 58.2 Å². The summed E-state index contributed by atoms with van der Waals surface area (Å²) < 4.78 is 10.5. The zero-order valence-electron chi connectivity index (χ0n) is 16.3. The highest BCUT2D eigenvalue weighted by molar-refractivity contribution is 5.91. The number of nitrogens with zero attached hydrogens (tertiary/aromatic N) is 2. The second-order valence-corrected chi connectivity index (χ2v) is 6.48. The van der Waals surface area contributed by atoms with E-state index in [1.807, 2.05) is 18.2 Å². The smallest absolute Gasteiger partial charge is 0.287 e. The molecule has 0 saturated carbocycles. The van der Waals surface area contributed by atoms with Crippen LogP contribution >= 0.6 is 0 Å². The molecular formula is C20H27N5O3. The average molecular weight is 385 g/mol. The lowest BCUT2D eigenvalue weighted by Gasteiger charge is -2.22. The highest BCUT2D eigenvalue weighted by Gasteiger charge is 2.25. The Morgan fingerprint density at radius 2 is 2.07 bits per heavy atom. The van der Waals surface area contributed by atoms with Crippen molar-refractivity contribution in [3.8, 4) is 5.75 Å². The molecule has 1 amide bonds. The van der Waals surface area contributed by atoms with Crippen LogP contribution in [0.1, 0.15) is 17.0 Å². The fourth-order valence-corrected chi connectivity index (χ4v) is 3.23. The van der Waals surface area contributed by atoms with Crippen LogP contribution in [0.2, 0.25) is 0 Å². The van der Waals surface area contributed by atoms with Gasteiger partial charge in [0, 0.05) is 39.3 Å². The third kappa shape index (κ3) is 4.97. The van der Waals surface area contributed by atoms with E-state index in [2.05, 4.69) is 31.9 Å². The van der Waals surface area contributed by atoms with Gasteiger partial charge in [-0.15, -0.1) is 0 Å². The van der Waals surface area contributed by atoms with Crippen molar-refractivity contribution in [2.45, 2.75) is 12.5 Å². The predicted octanol–water partition coefficient (Wildman–Crippen LogP) is 1.46.